The van der Waals surface area contributed by atoms with Crippen LogP contribution in [0.25, 0.3) is 0 Å². The fraction of sp³-hybridized carbons (Fsp3) is 0.0769. The van der Waals surface area contributed by atoms with E-state index in [9.17, 15) is 12.8 Å². The summed E-state index contributed by atoms with van der Waals surface area (Å²) in [6.45, 7) is 0. The van der Waals surface area contributed by atoms with Gasteiger partial charge in [-0.2, -0.15) is 0 Å². The van der Waals surface area contributed by atoms with Crippen molar-refractivity contribution in [2.24, 2.45) is 0 Å². The van der Waals surface area contributed by atoms with E-state index in [4.69, 9.17) is 17.3 Å². The van der Waals surface area contributed by atoms with Crippen LogP contribution >= 0.6 is 23.4 Å². The van der Waals surface area contributed by atoms with Crippen LogP contribution in [0.1, 0.15) is 0 Å². The summed E-state index contributed by atoms with van der Waals surface area (Å²) >= 11 is 7.12. The molecule has 2 aromatic rings. The van der Waals surface area contributed by atoms with Crippen molar-refractivity contribution in [1.29, 1.82) is 0 Å². The van der Waals surface area contributed by atoms with E-state index < -0.39 is 20.7 Å². The Bertz CT molecular complexity index is 782. The maximum absolute atomic E-state index is 14.0. The summed E-state index contributed by atoms with van der Waals surface area (Å²) in [6.07, 6.45) is 1.81. The van der Waals surface area contributed by atoms with Gasteiger partial charge < -0.3 is 5.73 Å². The standard InChI is InChI=1S/C13H12ClFN2O2S2/c1-20-11-5-3-2-4-10(11)17-21(18,19)12-7-8(14)6-9(16)13(12)15/h2-7,17H,16H2,1H3. The van der Waals surface area contributed by atoms with Crippen LogP contribution in [0.15, 0.2) is 46.2 Å². The van der Waals surface area contributed by atoms with Crippen LogP contribution in [-0.4, -0.2) is 14.7 Å². The number of para-hydroxylation sites is 1. The molecule has 0 amide bonds. The van der Waals surface area contributed by atoms with Gasteiger partial charge in [0.25, 0.3) is 10.0 Å². The molecule has 4 nitrogen and oxygen atoms in total. The Balaban J connectivity index is 2.49. The summed E-state index contributed by atoms with van der Waals surface area (Å²) < 4.78 is 40.9. The average molecular weight is 347 g/mol. The first-order valence-corrected chi connectivity index (χ1v) is 8.84. The molecule has 0 aliphatic carbocycles. The second-order valence-corrected chi connectivity index (χ2v) is 7.05. The first-order valence-electron chi connectivity index (χ1n) is 5.75. The molecular formula is C13H12ClFN2O2S2. The van der Waals surface area contributed by atoms with Crippen LogP contribution in [0.2, 0.25) is 5.02 Å². The highest BCUT2D eigenvalue weighted by atomic mass is 35.5. The largest absolute Gasteiger partial charge is 0.396 e. The summed E-state index contributed by atoms with van der Waals surface area (Å²) in [4.78, 5) is 0.139. The minimum Gasteiger partial charge on any atom is -0.396 e. The second-order valence-electron chi connectivity index (χ2n) is 4.11. The van der Waals surface area contributed by atoms with Crippen LogP contribution in [0.3, 0.4) is 0 Å². The Morgan fingerprint density at radius 3 is 2.62 bits per heavy atom. The van der Waals surface area contributed by atoms with Gasteiger partial charge in [-0.3, -0.25) is 4.72 Å². The van der Waals surface area contributed by atoms with Gasteiger partial charge in [0.15, 0.2) is 5.82 Å². The van der Waals surface area contributed by atoms with Crippen LogP contribution in [0.4, 0.5) is 15.8 Å². The van der Waals surface area contributed by atoms with Crippen molar-refractivity contribution >= 4 is 44.8 Å². The Hall–Kier alpha value is -1.44. The average Bonchev–Trinajstić information content (AvgIpc) is 2.43. The first kappa shape index (κ1) is 15.9. The highest BCUT2D eigenvalue weighted by molar-refractivity contribution is 7.99. The molecule has 0 saturated carbocycles. The molecule has 3 N–H and O–H groups in total. The molecule has 0 aliphatic heterocycles. The molecule has 0 radical (unpaired) electrons. The van der Waals surface area contributed by atoms with Gasteiger partial charge in [-0.25, -0.2) is 12.8 Å². The highest BCUT2D eigenvalue weighted by Gasteiger charge is 2.22. The molecular weight excluding hydrogens is 335 g/mol. The lowest BCUT2D eigenvalue weighted by Crippen LogP contribution is -2.16. The molecule has 8 heteroatoms. The maximum atomic E-state index is 14.0. The van der Waals surface area contributed by atoms with Crippen molar-refractivity contribution in [3.8, 4) is 0 Å². The van der Waals surface area contributed by atoms with Gasteiger partial charge in [0.2, 0.25) is 0 Å². The van der Waals surface area contributed by atoms with Crippen LogP contribution in [-0.2, 0) is 10.0 Å². The third-order valence-corrected chi connectivity index (χ3v) is 5.05. The number of nitrogens with two attached hydrogens (primary N) is 1. The predicted octanol–water partition coefficient (Wildman–Crippen LogP) is 3.58. The quantitative estimate of drug-likeness (QED) is 0.655. The summed E-state index contributed by atoms with van der Waals surface area (Å²) in [6, 6.07) is 8.99. The van der Waals surface area contributed by atoms with Gasteiger partial charge in [-0.05, 0) is 30.5 Å². The number of hydrogen-bond donors (Lipinski definition) is 2. The van der Waals surface area contributed by atoms with Gasteiger partial charge in [0.05, 0.1) is 11.4 Å². The molecule has 0 spiro atoms. The van der Waals surface area contributed by atoms with E-state index >= 15 is 0 Å². The molecule has 0 bridgehead atoms. The molecule has 2 rings (SSSR count). The minimum absolute atomic E-state index is 0.0485. The van der Waals surface area contributed by atoms with Crippen LogP contribution in [0, 0.1) is 5.82 Å². The lowest BCUT2D eigenvalue weighted by atomic mass is 10.3. The van der Waals surface area contributed by atoms with Crippen molar-refractivity contribution < 1.29 is 12.8 Å². The van der Waals surface area contributed by atoms with Crippen molar-refractivity contribution in [2.45, 2.75) is 9.79 Å². The SMILES string of the molecule is CSc1ccccc1NS(=O)(=O)c1cc(Cl)cc(N)c1F. The third-order valence-electron chi connectivity index (χ3n) is 2.67. The van der Waals surface area contributed by atoms with Gasteiger partial charge in [0, 0.05) is 9.92 Å². The summed E-state index contributed by atoms with van der Waals surface area (Å²) in [5.41, 5.74) is 5.46. The van der Waals surface area contributed by atoms with E-state index in [-0.39, 0.29) is 10.7 Å². The summed E-state index contributed by atoms with van der Waals surface area (Å²) in [5, 5.41) is 0.0485. The topological polar surface area (TPSA) is 72.2 Å². The predicted molar refractivity (Wildman–Crippen MR) is 84.9 cm³/mol. The van der Waals surface area contributed by atoms with E-state index in [1.165, 1.54) is 11.8 Å². The molecule has 0 aromatic heterocycles. The monoisotopic (exact) mass is 346 g/mol. The van der Waals surface area contributed by atoms with E-state index in [2.05, 4.69) is 4.72 Å². The Kier molecular flexibility index (Phi) is 4.65. The Labute approximate surface area is 131 Å². The number of hydrogen-bond acceptors (Lipinski definition) is 4. The summed E-state index contributed by atoms with van der Waals surface area (Å²) in [5.74, 6) is -1.02. The Morgan fingerprint density at radius 2 is 1.95 bits per heavy atom. The van der Waals surface area contributed by atoms with Crippen molar-refractivity contribution in [1.82, 2.24) is 0 Å². The second kappa shape index (κ2) is 6.13. The fourth-order valence-electron chi connectivity index (χ4n) is 1.71. The zero-order chi connectivity index (χ0) is 15.6. The molecule has 0 unspecified atom stereocenters. The number of sulfonamides is 1. The minimum atomic E-state index is -4.12. The number of nitrogens with one attached hydrogen (secondary N) is 1. The molecule has 21 heavy (non-hydrogen) atoms. The van der Waals surface area contributed by atoms with Gasteiger partial charge >= 0.3 is 0 Å². The fourth-order valence-corrected chi connectivity index (χ4v) is 3.83. The summed E-state index contributed by atoms with van der Waals surface area (Å²) in [7, 11) is -4.12. The van der Waals surface area contributed by atoms with E-state index in [0.29, 0.717) is 5.69 Å². The molecule has 0 atom stereocenters. The number of nitrogen functional groups attached to an aromatic ring is 1. The number of benzene rings is 2. The lowest BCUT2D eigenvalue weighted by molar-refractivity contribution is 0.573. The van der Waals surface area contributed by atoms with Crippen LogP contribution < -0.4 is 10.5 Å². The van der Waals surface area contributed by atoms with Crippen molar-refractivity contribution in [3.05, 3.63) is 47.2 Å². The molecule has 0 saturated heterocycles. The number of rotatable bonds is 4. The van der Waals surface area contributed by atoms with Crippen molar-refractivity contribution in [3.63, 3.8) is 0 Å². The third kappa shape index (κ3) is 3.42. The Morgan fingerprint density at radius 1 is 1.29 bits per heavy atom. The molecule has 2 aromatic carbocycles. The first-order chi connectivity index (χ1) is 9.85. The molecule has 0 aliphatic rings. The van der Waals surface area contributed by atoms with Gasteiger partial charge in [-0.1, -0.05) is 23.7 Å². The lowest BCUT2D eigenvalue weighted by Gasteiger charge is -2.12. The van der Waals surface area contributed by atoms with Gasteiger partial charge in [-0.15, -0.1) is 11.8 Å². The highest BCUT2D eigenvalue weighted by Crippen LogP contribution is 2.30. The van der Waals surface area contributed by atoms with Crippen molar-refractivity contribution in [2.75, 3.05) is 16.7 Å². The number of anilines is 2. The van der Waals surface area contributed by atoms with E-state index in [1.807, 2.05) is 6.26 Å². The van der Waals surface area contributed by atoms with E-state index in [0.717, 1.165) is 17.0 Å². The zero-order valence-electron chi connectivity index (χ0n) is 10.9. The van der Waals surface area contributed by atoms with Crippen LogP contribution in [0.5, 0.6) is 0 Å². The normalized spacial score (nSPS) is 11.4. The maximum Gasteiger partial charge on any atom is 0.264 e. The molecule has 0 heterocycles. The molecule has 0 fully saturated rings. The van der Waals surface area contributed by atoms with Gasteiger partial charge in [0.1, 0.15) is 4.90 Å². The smallest absolute Gasteiger partial charge is 0.264 e. The molecule has 112 valence electrons. The number of halogens is 2. The zero-order valence-corrected chi connectivity index (χ0v) is 13.3. The van der Waals surface area contributed by atoms with E-state index in [1.54, 1.807) is 24.3 Å². The number of thioether (sulfide) groups is 1.